The van der Waals surface area contributed by atoms with Gasteiger partial charge in [0.15, 0.2) is 0 Å². The summed E-state index contributed by atoms with van der Waals surface area (Å²) in [4.78, 5) is 14.5. The monoisotopic (exact) mass is 276 g/mol. The molecule has 0 unspecified atom stereocenters. The maximum atomic E-state index is 12.1. The highest BCUT2D eigenvalue weighted by atomic mass is 16.5. The van der Waals surface area contributed by atoms with E-state index in [2.05, 4.69) is 10.2 Å². The third kappa shape index (κ3) is 4.05. The number of nitrogens with one attached hydrogen (secondary N) is 1. The van der Waals surface area contributed by atoms with Gasteiger partial charge in [0.05, 0.1) is 13.2 Å². The topological polar surface area (TPSA) is 41.6 Å². The highest BCUT2D eigenvalue weighted by Crippen LogP contribution is 2.12. The van der Waals surface area contributed by atoms with Gasteiger partial charge in [0.2, 0.25) is 0 Å². The molecule has 0 aromatic heterocycles. The number of nitrogens with zero attached hydrogens (tertiary/aromatic N) is 1. The van der Waals surface area contributed by atoms with Crippen molar-refractivity contribution >= 4 is 5.91 Å². The van der Waals surface area contributed by atoms with E-state index in [9.17, 15) is 4.79 Å². The van der Waals surface area contributed by atoms with Crippen molar-refractivity contribution in [2.75, 3.05) is 39.4 Å². The number of ether oxygens (including phenoxy) is 1. The lowest BCUT2D eigenvalue weighted by molar-refractivity contribution is 0.0374. The van der Waals surface area contributed by atoms with Crippen LogP contribution >= 0.6 is 0 Å². The fourth-order valence-corrected chi connectivity index (χ4v) is 2.42. The van der Waals surface area contributed by atoms with Crippen molar-refractivity contribution in [1.82, 2.24) is 10.2 Å². The average molecular weight is 276 g/mol. The van der Waals surface area contributed by atoms with E-state index in [1.807, 2.05) is 32.0 Å². The van der Waals surface area contributed by atoms with Gasteiger partial charge in [-0.2, -0.15) is 0 Å². The molecule has 1 aromatic carbocycles. The van der Waals surface area contributed by atoms with Crippen molar-refractivity contribution in [2.24, 2.45) is 0 Å². The van der Waals surface area contributed by atoms with Crippen LogP contribution in [0.2, 0.25) is 0 Å². The summed E-state index contributed by atoms with van der Waals surface area (Å²) < 4.78 is 5.32. The summed E-state index contributed by atoms with van der Waals surface area (Å²) in [5.41, 5.74) is 3.01. The number of carbonyl (C=O) groups is 1. The summed E-state index contributed by atoms with van der Waals surface area (Å²) in [6.07, 6.45) is 0.983. The summed E-state index contributed by atoms with van der Waals surface area (Å²) >= 11 is 0. The minimum Gasteiger partial charge on any atom is -0.379 e. The number of carbonyl (C=O) groups excluding carboxylic acids is 1. The molecule has 2 rings (SSSR count). The van der Waals surface area contributed by atoms with Crippen LogP contribution in [0.4, 0.5) is 0 Å². The Hall–Kier alpha value is -1.39. The van der Waals surface area contributed by atoms with Crippen LogP contribution in [0.3, 0.4) is 0 Å². The van der Waals surface area contributed by atoms with Crippen molar-refractivity contribution in [1.29, 1.82) is 0 Å². The van der Waals surface area contributed by atoms with Gasteiger partial charge in [0.1, 0.15) is 0 Å². The van der Waals surface area contributed by atoms with Gasteiger partial charge < -0.3 is 10.1 Å². The zero-order valence-corrected chi connectivity index (χ0v) is 12.4. The maximum absolute atomic E-state index is 12.1. The van der Waals surface area contributed by atoms with Crippen LogP contribution in [0.5, 0.6) is 0 Å². The Morgan fingerprint density at radius 1 is 1.30 bits per heavy atom. The Balaban J connectivity index is 1.73. The molecule has 0 radical (unpaired) electrons. The molecular weight excluding hydrogens is 252 g/mol. The fourth-order valence-electron chi connectivity index (χ4n) is 2.42. The first-order valence-electron chi connectivity index (χ1n) is 7.33. The van der Waals surface area contributed by atoms with Crippen molar-refractivity contribution < 1.29 is 9.53 Å². The Labute approximate surface area is 121 Å². The number of rotatable bonds is 5. The molecule has 0 bridgehead atoms. The van der Waals surface area contributed by atoms with Crippen LogP contribution in [0.25, 0.3) is 0 Å². The normalized spacial score (nSPS) is 16.1. The van der Waals surface area contributed by atoms with Crippen LogP contribution in [0, 0.1) is 13.8 Å². The van der Waals surface area contributed by atoms with E-state index in [-0.39, 0.29) is 5.91 Å². The molecule has 20 heavy (non-hydrogen) atoms. The third-order valence-corrected chi connectivity index (χ3v) is 3.89. The second kappa shape index (κ2) is 7.41. The Morgan fingerprint density at radius 3 is 2.80 bits per heavy atom. The Morgan fingerprint density at radius 2 is 2.05 bits per heavy atom. The minimum atomic E-state index is 0.0353. The molecule has 1 N–H and O–H groups in total. The molecule has 0 saturated carbocycles. The largest absolute Gasteiger partial charge is 0.379 e. The summed E-state index contributed by atoms with van der Waals surface area (Å²) in [6.45, 7) is 9.45. The first kappa shape index (κ1) is 15.0. The lowest BCUT2D eigenvalue weighted by Gasteiger charge is -2.26. The number of hydrogen-bond donors (Lipinski definition) is 1. The minimum absolute atomic E-state index is 0.0353. The van der Waals surface area contributed by atoms with Gasteiger partial charge in [-0.1, -0.05) is 12.1 Å². The van der Waals surface area contributed by atoms with Gasteiger partial charge in [-0.05, 0) is 44.0 Å². The van der Waals surface area contributed by atoms with Crippen LogP contribution < -0.4 is 5.32 Å². The van der Waals surface area contributed by atoms with Crippen LogP contribution in [0.1, 0.15) is 27.9 Å². The first-order valence-corrected chi connectivity index (χ1v) is 7.33. The number of hydrogen-bond acceptors (Lipinski definition) is 3. The Kier molecular flexibility index (Phi) is 5.56. The SMILES string of the molecule is Cc1cccc(C(=O)NCCCN2CCOCC2)c1C. The number of benzene rings is 1. The molecule has 1 aliphatic heterocycles. The van der Waals surface area contributed by atoms with Gasteiger partial charge in [-0.25, -0.2) is 0 Å². The summed E-state index contributed by atoms with van der Waals surface area (Å²) in [7, 11) is 0. The lowest BCUT2D eigenvalue weighted by Crippen LogP contribution is -2.38. The van der Waals surface area contributed by atoms with E-state index in [1.165, 1.54) is 0 Å². The summed E-state index contributed by atoms with van der Waals surface area (Å²) in [5.74, 6) is 0.0353. The molecular formula is C16H24N2O2. The molecule has 0 atom stereocenters. The predicted molar refractivity (Wildman–Crippen MR) is 80.1 cm³/mol. The first-order chi connectivity index (χ1) is 9.68. The van der Waals surface area contributed by atoms with E-state index >= 15 is 0 Å². The zero-order chi connectivity index (χ0) is 14.4. The second-order valence-corrected chi connectivity index (χ2v) is 5.31. The van der Waals surface area contributed by atoms with Gasteiger partial charge in [0.25, 0.3) is 5.91 Å². The van der Waals surface area contributed by atoms with Crippen LogP contribution in [0.15, 0.2) is 18.2 Å². The van der Waals surface area contributed by atoms with E-state index < -0.39 is 0 Å². The molecule has 1 saturated heterocycles. The second-order valence-electron chi connectivity index (χ2n) is 5.31. The molecule has 1 aromatic rings. The van der Waals surface area contributed by atoms with Gasteiger partial charge in [-0.15, -0.1) is 0 Å². The van der Waals surface area contributed by atoms with Crippen molar-refractivity contribution in [3.63, 3.8) is 0 Å². The van der Waals surface area contributed by atoms with E-state index in [1.54, 1.807) is 0 Å². The Bertz CT molecular complexity index is 454. The molecule has 1 amide bonds. The van der Waals surface area contributed by atoms with Crippen molar-refractivity contribution in [3.05, 3.63) is 34.9 Å². The highest BCUT2D eigenvalue weighted by Gasteiger charge is 2.11. The van der Waals surface area contributed by atoms with Crippen molar-refractivity contribution in [2.45, 2.75) is 20.3 Å². The third-order valence-electron chi connectivity index (χ3n) is 3.89. The molecule has 4 nitrogen and oxygen atoms in total. The quantitative estimate of drug-likeness (QED) is 0.833. The lowest BCUT2D eigenvalue weighted by atomic mass is 10.0. The number of amides is 1. The smallest absolute Gasteiger partial charge is 0.251 e. The molecule has 1 aliphatic rings. The molecule has 0 spiro atoms. The summed E-state index contributed by atoms with van der Waals surface area (Å²) in [6, 6.07) is 5.86. The van der Waals surface area contributed by atoms with Gasteiger partial charge >= 0.3 is 0 Å². The number of morpholine rings is 1. The standard InChI is InChI=1S/C16H24N2O2/c1-13-5-3-6-15(14(13)2)16(19)17-7-4-8-18-9-11-20-12-10-18/h3,5-6H,4,7-12H2,1-2H3,(H,17,19). The van der Waals surface area contributed by atoms with Crippen molar-refractivity contribution in [3.8, 4) is 0 Å². The number of aryl methyl sites for hydroxylation is 1. The average Bonchev–Trinajstić information content (AvgIpc) is 2.47. The van der Waals surface area contributed by atoms with E-state index in [0.29, 0.717) is 0 Å². The van der Waals surface area contributed by atoms with E-state index in [0.717, 1.165) is 62.5 Å². The highest BCUT2D eigenvalue weighted by molar-refractivity contribution is 5.95. The maximum Gasteiger partial charge on any atom is 0.251 e. The fraction of sp³-hybridized carbons (Fsp3) is 0.562. The molecule has 1 heterocycles. The molecule has 1 fully saturated rings. The van der Waals surface area contributed by atoms with Gasteiger partial charge in [-0.3, -0.25) is 9.69 Å². The molecule has 0 aliphatic carbocycles. The van der Waals surface area contributed by atoms with Crippen LogP contribution in [-0.4, -0.2) is 50.2 Å². The zero-order valence-electron chi connectivity index (χ0n) is 12.4. The molecule has 110 valence electrons. The van der Waals surface area contributed by atoms with E-state index in [4.69, 9.17) is 4.74 Å². The summed E-state index contributed by atoms with van der Waals surface area (Å²) in [5, 5.41) is 3.01. The van der Waals surface area contributed by atoms with Gasteiger partial charge in [0, 0.05) is 25.2 Å². The molecule has 4 heteroatoms. The van der Waals surface area contributed by atoms with Crippen LogP contribution in [-0.2, 0) is 4.74 Å². The predicted octanol–water partition coefficient (Wildman–Crippen LogP) is 1.76.